The average molecular weight is 316 g/mol. The minimum absolute atomic E-state index is 1.07. The quantitative estimate of drug-likeness (QED) is 0.367. The third-order valence-electron chi connectivity index (χ3n) is 3.96. The van der Waals surface area contributed by atoms with E-state index in [-0.39, 0.29) is 0 Å². The zero-order valence-corrected chi connectivity index (χ0v) is 15.1. The highest BCUT2D eigenvalue weighted by atomic mass is 14.1. The second kappa shape index (κ2) is 9.72. The second-order valence-electron chi connectivity index (χ2n) is 6.30. The molecule has 0 aliphatic carbocycles. The summed E-state index contributed by atoms with van der Waals surface area (Å²) in [5.41, 5.74) is 6.59. The van der Waals surface area contributed by atoms with E-state index in [1.54, 1.807) is 0 Å². The maximum absolute atomic E-state index is 2.29. The summed E-state index contributed by atoms with van der Waals surface area (Å²) in [6.45, 7) is 6.46. The fraction of sp³-hybridized carbons (Fsp3) is 0.250. The number of rotatable bonds is 7. The van der Waals surface area contributed by atoms with Crippen molar-refractivity contribution in [2.75, 3.05) is 0 Å². The predicted octanol–water partition coefficient (Wildman–Crippen LogP) is 7.45. The first-order chi connectivity index (χ1) is 11.7. The standard InChI is InChI=1S/C24H28/c1-4-5-6-8-13-22(15-14-20(2)3)24-18-16-23(17-19-24)21-11-9-7-10-12-21/h5-7,9-12,14-19H,4,8,13H2,1-3H3/b6-5-,22-15+. The lowest BCUT2D eigenvalue weighted by atomic mass is 9.97. The minimum Gasteiger partial charge on any atom is -0.0888 e. The molecule has 24 heavy (non-hydrogen) atoms. The van der Waals surface area contributed by atoms with Crippen molar-refractivity contribution < 1.29 is 0 Å². The van der Waals surface area contributed by atoms with E-state index in [1.807, 2.05) is 0 Å². The van der Waals surface area contributed by atoms with Gasteiger partial charge in [0, 0.05) is 0 Å². The highest BCUT2D eigenvalue weighted by molar-refractivity contribution is 5.71. The molecule has 0 fully saturated rings. The summed E-state index contributed by atoms with van der Waals surface area (Å²) in [4.78, 5) is 0. The van der Waals surface area contributed by atoms with E-state index in [4.69, 9.17) is 0 Å². The predicted molar refractivity (Wildman–Crippen MR) is 108 cm³/mol. The molecule has 2 aromatic carbocycles. The van der Waals surface area contributed by atoms with Gasteiger partial charge in [-0.05, 0) is 55.4 Å². The Bertz CT molecular complexity index is 693. The number of hydrogen-bond donors (Lipinski definition) is 0. The number of allylic oxidation sites excluding steroid dienone is 6. The fourth-order valence-electron chi connectivity index (χ4n) is 2.62. The lowest BCUT2D eigenvalue weighted by Crippen LogP contribution is -1.86. The van der Waals surface area contributed by atoms with Crippen molar-refractivity contribution in [3.05, 3.63) is 90.0 Å². The molecule has 0 aliphatic rings. The first kappa shape index (κ1) is 18.0. The average Bonchev–Trinajstić information content (AvgIpc) is 2.62. The SMILES string of the molecule is CC/C=C\CC/C(=C\C=C(C)C)c1ccc(-c2ccccc2)cc1. The smallest absolute Gasteiger partial charge is 0.0184 e. The molecule has 0 aliphatic heterocycles. The van der Waals surface area contributed by atoms with Crippen LogP contribution in [-0.4, -0.2) is 0 Å². The molecule has 0 bridgehead atoms. The van der Waals surface area contributed by atoms with Gasteiger partial charge in [-0.15, -0.1) is 0 Å². The molecule has 0 atom stereocenters. The Morgan fingerprint density at radius 3 is 2.08 bits per heavy atom. The summed E-state index contributed by atoms with van der Waals surface area (Å²) in [6.07, 6.45) is 12.3. The van der Waals surface area contributed by atoms with Crippen LogP contribution in [0, 0.1) is 0 Å². The van der Waals surface area contributed by atoms with Crippen molar-refractivity contribution in [1.82, 2.24) is 0 Å². The zero-order chi connectivity index (χ0) is 17.2. The Morgan fingerprint density at radius 2 is 1.46 bits per heavy atom. The Morgan fingerprint density at radius 1 is 0.792 bits per heavy atom. The molecular weight excluding hydrogens is 288 g/mol. The van der Waals surface area contributed by atoms with Crippen molar-refractivity contribution in [3.8, 4) is 11.1 Å². The molecule has 0 saturated carbocycles. The summed E-state index contributed by atoms with van der Waals surface area (Å²) >= 11 is 0. The van der Waals surface area contributed by atoms with E-state index < -0.39 is 0 Å². The van der Waals surface area contributed by atoms with E-state index in [2.05, 4.69) is 99.7 Å². The lowest BCUT2D eigenvalue weighted by molar-refractivity contribution is 1.05. The maximum Gasteiger partial charge on any atom is -0.0184 e. The summed E-state index contributed by atoms with van der Waals surface area (Å²) in [5.74, 6) is 0. The summed E-state index contributed by atoms with van der Waals surface area (Å²) < 4.78 is 0. The van der Waals surface area contributed by atoms with Gasteiger partial charge in [0.05, 0.1) is 0 Å². The fourth-order valence-corrected chi connectivity index (χ4v) is 2.62. The van der Waals surface area contributed by atoms with Gasteiger partial charge in [-0.1, -0.05) is 91.4 Å². The van der Waals surface area contributed by atoms with Crippen LogP contribution in [0.4, 0.5) is 0 Å². The molecule has 0 heteroatoms. The molecular formula is C24H28. The van der Waals surface area contributed by atoms with Crippen LogP contribution in [-0.2, 0) is 0 Å². The number of benzene rings is 2. The van der Waals surface area contributed by atoms with Gasteiger partial charge in [0.15, 0.2) is 0 Å². The van der Waals surface area contributed by atoms with Gasteiger partial charge >= 0.3 is 0 Å². The molecule has 0 amide bonds. The number of hydrogen-bond acceptors (Lipinski definition) is 0. The van der Waals surface area contributed by atoms with Gasteiger partial charge in [-0.3, -0.25) is 0 Å². The van der Waals surface area contributed by atoms with Gasteiger partial charge in [-0.2, -0.15) is 0 Å². The van der Waals surface area contributed by atoms with E-state index in [9.17, 15) is 0 Å². The normalized spacial score (nSPS) is 11.7. The van der Waals surface area contributed by atoms with Crippen LogP contribution >= 0.6 is 0 Å². The molecule has 0 unspecified atom stereocenters. The Kier molecular flexibility index (Phi) is 7.29. The van der Waals surface area contributed by atoms with Gasteiger partial charge in [0.25, 0.3) is 0 Å². The van der Waals surface area contributed by atoms with Crippen molar-refractivity contribution in [2.24, 2.45) is 0 Å². The molecule has 0 spiro atoms. The molecule has 2 aromatic rings. The maximum atomic E-state index is 2.29. The largest absolute Gasteiger partial charge is 0.0888 e. The van der Waals surface area contributed by atoms with E-state index >= 15 is 0 Å². The lowest BCUT2D eigenvalue weighted by Gasteiger charge is -2.08. The van der Waals surface area contributed by atoms with E-state index in [1.165, 1.54) is 27.8 Å². The van der Waals surface area contributed by atoms with Crippen LogP contribution in [0.3, 0.4) is 0 Å². The molecule has 0 N–H and O–H groups in total. The Labute approximate surface area is 147 Å². The van der Waals surface area contributed by atoms with Crippen molar-refractivity contribution >= 4 is 5.57 Å². The third-order valence-corrected chi connectivity index (χ3v) is 3.96. The zero-order valence-electron chi connectivity index (χ0n) is 15.1. The van der Waals surface area contributed by atoms with Crippen LogP contribution in [0.5, 0.6) is 0 Å². The van der Waals surface area contributed by atoms with Gasteiger partial charge in [-0.25, -0.2) is 0 Å². The van der Waals surface area contributed by atoms with E-state index in [0.29, 0.717) is 0 Å². The van der Waals surface area contributed by atoms with Crippen molar-refractivity contribution in [3.63, 3.8) is 0 Å². The molecule has 2 rings (SSSR count). The van der Waals surface area contributed by atoms with Gasteiger partial charge < -0.3 is 0 Å². The molecule has 0 radical (unpaired) electrons. The minimum atomic E-state index is 1.07. The highest BCUT2D eigenvalue weighted by Gasteiger charge is 2.02. The highest BCUT2D eigenvalue weighted by Crippen LogP contribution is 2.25. The second-order valence-corrected chi connectivity index (χ2v) is 6.30. The van der Waals surface area contributed by atoms with Crippen molar-refractivity contribution in [2.45, 2.75) is 40.0 Å². The summed E-state index contributed by atoms with van der Waals surface area (Å²) in [5, 5.41) is 0. The van der Waals surface area contributed by atoms with Crippen LogP contribution < -0.4 is 0 Å². The van der Waals surface area contributed by atoms with Gasteiger partial charge in [0.2, 0.25) is 0 Å². The molecule has 124 valence electrons. The topological polar surface area (TPSA) is 0 Å². The summed E-state index contributed by atoms with van der Waals surface area (Å²) in [7, 11) is 0. The Balaban J connectivity index is 2.21. The monoisotopic (exact) mass is 316 g/mol. The van der Waals surface area contributed by atoms with Gasteiger partial charge in [0.1, 0.15) is 0 Å². The van der Waals surface area contributed by atoms with E-state index in [0.717, 1.165) is 19.3 Å². The Hall–Kier alpha value is -2.34. The first-order valence-electron chi connectivity index (χ1n) is 8.85. The first-order valence-corrected chi connectivity index (χ1v) is 8.85. The molecule has 0 nitrogen and oxygen atoms in total. The van der Waals surface area contributed by atoms with Crippen LogP contribution in [0.1, 0.15) is 45.6 Å². The summed E-state index contributed by atoms with van der Waals surface area (Å²) in [6, 6.07) is 19.5. The van der Waals surface area contributed by atoms with Crippen molar-refractivity contribution in [1.29, 1.82) is 0 Å². The third kappa shape index (κ3) is 5.70. The molecule has 0 aromatic heterocycles. The molecule has 0 heterocycles. The van der Waals surface area contributed by atoms with Crippen LogP contribution in [0.15, 0.2) is 84.5 Å². The van der Waals surface area contributed by atoms with Crippen LogP contribution in [0.2, 0.25) is 0 Å². The van der Waals surface area contributed by atoms with Crippen LogP contribution in [0.25, 0.3) is 16.7 Å². The molecule has 0 saturated heterocycles.